The molecule has 1 atom stereocenters. The Morgan fingerprint density at radius 2 is 2.19 bits per heavy atom. The lowest BCUT2D eigenvalue weighted by molar-refractivity contribution is -0.117. The van der Waals surface area contributed by atoms with Crippen LogP contribution in [0.25, 0.3) is 0 Å². The average molecular weight is 220 g/mol. The molecule has 1 aromatic carbocycles. The molecule has 1 amide bonds. The Labute approximate surface area is 95.0 Å². The minimum atomic E-state index is -0.272. The summed E-state index contributed by atoms with van der Waals surface area (Å²) in [6.07, 6.45) is 0.135. The third-order valence-electron chi connectivity index (χ3n) is 2.51. The Kier molecular flexibility index (Phi) is 2.83. The van der Waals surface area contributed by atoms with Gasteiger partial charge in [-0.2, -0.15) is 0 Å². The minimum absolute atomic E-state index is 0.0146. The van der Waals surface area contributed by atoms with Crippen LogP contribution in [-0.4, -0.2) is 19.1 Å². The van der Waals surface area contributed by atoms with Gasteiger partial charge in [-0.05, 0) is 39.1 Å². The Bertz CT molecular complexity index is 415. The largest absolute Gasteiger partial charge is 0.491 e. The summed E-state index contributed by atoms with van der Waals surface area (Å²) >= 11 is 0. The number of ether oxygens (including phenoxy) is 1. The highest BCUT2D eigenvalue weighted by atomic mass is 16.5. The Balaban J connectivity index is 2.32. The van der Waals surface area contributed by atoms with Crippen LogP contribution in [0.1, 0.15) is 25.5 Å². The Morgan fingerprint density at radius 1 is 1.44 bits per heavy atom. The zero-order chi connectivity index (χ0) is 11.7. The van der Waals surface area contributed by atoms with E-state index in [2.05, 4.69) is 10.6 Å². The normalized spacial score (nSPS) is 18.5. The van der Waals surface area contributed by atoms with Gasteiger partial charge in [0.2, 0.25) is 5.91 Å². The smallest absolute Gasteiger partial charge is 0.246 e. The fourth-order valence-corrected chi connectivity index (χ4v) is 1.87. The molecule has 1 aromatic rings. The number of likely N-dealkylation sites (N-methyl/N-ethyl adjacent to an activating group) is 1. The number of carbonyl (C=O) groups is 1. The third-order valence-corrected chi connectivity index (χ3v) is 2.51. The van der Waals surface area contributed by atoms with E-state index in [9.17, 15) is 4.79 Å². The number of nitrogens with one attached hydrogen (secondary N) is 2. The van der Waals surface area contributed by atoms with Crippen molar-refractivity contribution in [3.8, 4) is 5.75 Å². The lowest BCUT2D eigenvalue weighted by atomic mass is 10.1. The fraction of sp³-hybridized carbons (Fsp3) is 0.417. The zero-order valence-electron chi connectivity index (χ0n) is 9.70. The Hall–Kier alpha value is -1.55. The van der Waals surface area contributed by atoms with Crippen LogP contribution >= 0.6 is 0 Å². The molecular formula is C12H16N2O2. The second-order valence-electron chi connectivity index (χ2n) is 4.13. The second kappa shape index (κ2) is 4.14. The van der Waals surface area contributed by atoms with Crippen molar-refractivity contribution in [2.75, 3.05) is 12.4 Å². The molecule has 4 nitrogen and oxygen atoms in total. The highest BCUT2D eigenvalue weighted by molar-refractivity contribution is 6.02. The minimum Gasteiger partial charge on any atom is -0.491 e. The molecule has 0 spiro atoms. The van der Waals surface area contributed by atoms with E-state index in [0.717, 1.165) is 17.0 Å². The summed E-state index contributed by atoms with van der Waals surface area (Å²) in [7, 11) is 1.77. The maximum Gasteiger partial charge on any atom is 0.246 e. The number of fused-ring (bicyclic) bond motifs is 1. The first kappa shape index (κ1) is 11.0. The van der Waals surface area contributed by atoms with Crippen molar-refractivity contribution in [1.82, 2.24) is 5.32 Å². The van der Waals surface area contributed by atoms with Crippen molar-refractivity contribution in [1.29, 1.82) is 0 Å². The maximum atomic E-state index is 11.6. The zero-order valence-corrected chi connectivity index (χ0v) is 9.70. The van der Waals surface area contributed by atoms with Crippen LogP contribution in [0.3, 0.4) is 0 Å². The SMILES string of the molecule is CNC1C(=O)Nc2ccc(OC(C)C)cc21. The van der Waals surface area contributed by atoms with Gasteiger partial charge in [-0.15, -0.1) is 0 Å². The van der Waals surface area contributed by atoms with E-state index in [1.54, 1.807) is 7.05 Å². The predicted octanol–water partition coefficient (Wildman–Crippen LogP) is 1.69. The van der Waals surface area contributed by atoms with Gasteiger partial charge in [-0.25, -0.2) is 0 Å². The summed E-state index contributed by atoms with van der Waals surface area (Å²) < 4.78 is 5.60. The molecule has 4 heteroatoms. The molecule has 0 saturated carbocycles. The quantitative estimate of drug-likeness (QED) is 0.815. The van der Waals surface area contributed by atoms with Gasteiger partial charge in [0.25, 0.3) is 0 Å². The Morgan fingerprint density at radius 3 is 2.81 bits per heavy atom. The summed E-state index contributed by atoms with van der Waals surface area (Å²) in [6, 6.07) is 5.39. The lowest BCUT2D eigenvalue weighted by Crippen LogP contribution is -2.23. The molecule has 2 N–H and O–H groups in total. The van der Waals surface area contributed by atoms with Crippen LogP contribution in [0.15, 0.2) is 18.2 Å². The van der Waals surface area contributed by atoms with E-state index in [-0.39, 0.29) is 18.1 Å². The number of amides is 1. The first-order valence-electron chi connectivity index (χ1n) is 5.40. The first-order chi connectivity index (χ1) is 7.61. The molecule has 1 aliphatic rings. The number of anilines is 1. The number of benzene rings is 1. The van der Waals surface area contributed by atoms with Gasteiger partial charge < -0.3 is 15.4 Å². The number of hydrogen-bond acceptors (Lipinski definition) is 3. The van der Waals surface area contributed by atoms with Crippen molar-refractivity contribution in [2.45, 2.75) is 26.0 Å². The van der Waals surface area contributed by atoms with Gasteiger partial charge in [-0.3, -0.25) is 4.79 Å². The highest BCUT2D eigenvalue weighted by Crippen LogP contribution is 2.33. The van der Waals surface area contributed by atoms with Gasteiger partial charge in [0.15, 0.2) is 0 Å². The molecule has 86 valence electrons. The topological polar surface area (TPSA) is 50.4 Å². The van der Waals surface area contributed by atoms with E-state index in [1.807, 2.05) is 32.0 Å². The molecule has 0 aliphatic carbocycles. The molecule has 0 saturated heterocycles. The van der Waals surface area contributed by atoms with E-state index in [4.69, 9.17) is 4.74 Å². The number of carbonyl (C=O) groups excluding carboxylic acids is 1. The first-order valence-corrected chi connectivity index (χ1v) is 5.40. The van der Waals surface area contributed by atoms with Crippen LogP contribution in [0.5, 0.6) is 5.75 Å². The van der Waals surface area contributed by atoms with E-state index in [1.165, 1.54) is 0 Å². The van der Waals surface area contributed by atoms with Crippen LogP contribution in [-0.2, 0) is 4.79 Å². The molecule has 1 heterocycles. The molecule has 2 rings (SSSR count). The molecule has 1 unspecified atom stereocenters. The fourth-order valence-electron chi connectivity index (χ4n) is 1.87. The van der Waals surface area contributed by atoms with Crippen molar-refractivity contribution in [3.63, 3.8) is 0 Å². The standard InChI is InChI=1S/C12H16N2O2/c1-7(2)16-8-4-5-10-9(6-8)11(13-3)12(15)14-10/h4-7,11,13H,1-3H3,(H,14,15). The van der Waals surface area contributed by atoms with Gasteiger partial charge in [0, 0.05) is 11.3 Å². The third kappa shape index (κ3) is 1.88. The predicted molar refractivity (Wildman–Crippen MR) is 62.6 cm³/mol. The van der Waals surface area contributed by atoms with Crippen LogP contribution < -0.4 is 15.4 Å². The summed E-state index contributed by atoms with van der Waals surface area (Å²) in [5.41, 5.74) is 1.81. The summed E-state index contributed by atoms with van der Waals surface area (Å²) in [4.78, 5) is 11.6. The van der Waals surface area contributed by atoms with E-state index < -0.39 is 0 Å². The van der Waals surface area contributed by atoms with Crippen molar-refractivity contribution < 1.29 is 9.53 Å². The van der Waals surface area contributed by atoms with Gasteiger partial charge >= 0.3 is 0 Å². The van der Waals surface area contributed by atoms with Crippen molar-refractivity contribution >= 4 is 11.6 Å². The summed E-state index contributed by atoms with van der Waals surface area (Å²) in [5, 5.41) is 5.80. The van der Waals surface area contributed by atoms with Crippen molar-refractivity contribution in [3.05, 3.63) is 23.8 Å². The molecule has 0 aromatic heterocycles. The molecule has 0 fully saturated rings. The number of hydrogen-bond donors (Lipinski definition) is 2. The second-order valence-corrected chi connectivity index (χ2v) is 4.13. The molecular weight excluding hydrogens is 204 g/mol. The number of rotatable bonds is 3. The van der Waals surface area contributed by atoms with E-state index >= 15 is 0 Å². The molecule has 0 radical (unpaired) electrons. The monoisotopic (exact) mass is 220 g/mol. The molecule has 1 aliphatic heterocycles. The van der Waals surface area contributed by atoms with E-state index in [0.29, 0.717) is 0 Å². The summed E-state index contributed by atoms with van der Waals surface area (Å²) in [5.74, 6) is 0.782. The van der Waals surface area contributed by atoms with Crippen LogP contribution in [0.4, 0.5) is 5.69 Å². The summed E-state index contributed by atoms with van der Waals surface area (Å²) in [6.45, 7) is 3.96. The lowest BCUT2D eigenvalue weighted by Gasteiger charge is -2.12. The van der Waals surface area contributed by atoms with Crippen LogP contribution in [0.2, 0.25) is 0 Å². The van der Waals surface area contributed by atoms with Crippen molar-refractivity contribution in [2.24, 2.45) is 0 Å². The van der Waals surface area contributed by atoms with Crippen LogP contribution in [0, 0.1) is 0 Å². The van der Waals surface area contributed by atoms with Gasteiger partial charge in [0.1, 0.15) is 11.8 Å². The highest BCUT2D eigenvalue weighted by Gasteiger charge is 2.29. The molecule has 16 heavy (non-hydrogen) atoms. The maximum absolute atomic E-state index is 11.6. The molecule has 0 bridgehead atoms. The van der Waals surface area contributed by atoms with Gasteiger partial charge in [0.05, 0.1) is 6.10 Å². The average Bonchev–Trinajstić information content (AvgIpc) is 2.52. The van der Waals surface area contributed by atoms with Gasteiger partial charge in [-0.1, -0.05) is 0 Å².